The Kier molecular flexibility index (Phi) is 5.72. The van der Waals surface area contributed by atoms with Crippen molar-refractivity contribution in [1.82, 2.24) is 5.32 Å². The third-order valence-electron chi connectivity index (χ3n) is 2.43. The van der Waals surface area contributed by atoms with Crippen LogP contribution < -0.4 is 25.3 Å². The monoisotopic (exact) mass is 288 g/mol. The predicted octanol–water partition coefficient (Wildman–Crippen LogP) is 0.679. The fraction of sp³-hybridized carbons (Fsp3) is 0.417. The van der Waals surface area contributed by atoms with Crippen molar-refractivity contribution in [2.45, 2.75) is 13.0 Å². The standard InChI is InChI=1S/C12H16N2O4.ClH/c1-8(13)12(15)14-4-5-16-9-2-3-10-11(6-9)18-7-17-10;/h2-3,6,8H,4-5,7,13H2,1H3,(H,14,15);1H/t8-;/m1./s1. The van der Waals surface area contributed by atoms with E-state index in [1.54, 1.807) is 25.1 Å². The average molecular weight is 289 g/mol. The van der Waals surface area contributed by atoms with Gasteiger partial charge in [0.15, 0.2) is 11.5 Å². The second-order valence-electron chi connectivity index (χ2n) is 3.94. The molecule has 1 aliphatic heterocycles. The Morgan fingerprint density at radius 3 is 2.95 bits per heavy atom. The van der Waals surface area contributed by atoms with E-state index in [0.717, 1.165) is 0 Å². The Hall–Kier alpha value is -1.66. The number of hydrogen-bond acceptors (Lipinski definition) is 5. The highest BCUT2D eigenvalue weighted by Crippen LogP contribution is 2.34. The summed E-state index contributed by atoms with van der Waals surface area (Å²) < 4.78 is 15.9. The molecule has 7 heteroatoms. The normalized spacial score (nSPS) is 13.4. The number of nitrogens with one attached hydrogen (secondary N) is 1. The summed E-state index contributed by atoms with van der Waals surface area (Å²) in [6, 6.07) is 4.84. The maximum atomic E-state index is 11.2. The number of carbonyl (C=O) groups is 1. The predicted molar refractivity (Wildman–Crippen MR) is 72.0 cm³/mol. The van der Waals surface area contributed by atoms with E-state index >= 15 is 0 Å². The lowest BCUT2D eigenvalue weighted by Gasteiger charge is -2.09. The highest BCUT2D eigenvalue weighted by Gasteiger charge is 2.13. The Morgan fingerprint density at radius 2 is 2.21 bits per heavy atom. The maximum Gasteiger partial charge on any atom is 0.236 e. The second kappa shape index (κ2) is 7.06. The van der Waals surface area contributed by atoms with Gasteiger partial charge in [0.05, 0.1) is 12.6 Å². The van der Waals surface area contributed by atoms with Gasteiger partial charge < -0.3 is 25.3 Å². The number of nitrogens with two attached hydrogens (primary N) is 1. The first kappa shape index (κ1) is 15.4. The van der Waals surface area contributed by atoms with E-state index in [-0.39, 0.29) is 25.1 Å². The van der Waals surface area contributed by atoms with Crippen molar-refractivity contribution >= 4 is 18.3 Å². The number of amides is 1. The minimum Gasteiger partial charge on any atom is -0.492 e. The van der Waals surface area contributed by atoms with Crippen LogP contribution in [0, 0.1) is 0 Å². The lowest BCUT2D eigenvalue weighted by atomic mass is 10.3. The molecule has 1 aromatic carbocycles. The van der Waals surface area contributed by atoms with Crippen LogP contribution >= 0.6 is 12.4 Å². The molecule has 0 spiro atoms. The van der Waals surface area contributed by atoms with E-state index < -0.39 is 6.04 Å². The van der Waals surface area contributed by atoms with E-state index in [1.165, 1.54) is 0 Å². The largest absolute Gasteiger partial charge is 0.492 e. The average Bonchev–Trinajstić information content (AvgIpc) is 2.81. The van der Waals surface area contributed by atoms with Crippen LogP contribution in [0.3, 0.4) is 0 Å². The van der Waals surface area contributed by atoms with Crippen LogP contribution in [0.2, 0.25) is 0 Å². The smallest absolute Gasteiger partial charge is 0.236 e. The van der Waals surface area contributed by atoms with Crippen molar-refractivity contribution in [3.05, 3.63) is 18.2 Å². The summed E-state index contributed by atoms with van der Waals surface area (Å²) in [4.78, 5) is 11.2. The molecule has 0 aliphatic carbocycles. The van der Waals surface area contributed by atoms with E-state index in [0.29, 0.717) is 30.4 Å². The van der Waals surface area contributed by atoms with Crippen molar-refractivity contribution in [1.29, 1.82) is 0 Å². The van der Waals surface area contributed by atoms with Gasteiger partial charge in [0.2, 0.25) is 12.7 Å². The molecule has 106 valence electrons. The molecule has 1 aromatic rings. The molecule has 3 N–H and O–H groups in total. The van der Waals surface area contributed by atoms with Gasteiger partial charge in [0, 0.05) is 6.07 Å². The Bertz CT molecular complexity index is 440. The molecular formula is C12H17ClN2O4. The highest BCUT2D eigenvalue weighted by atomic mass is 35.5. The number of ether oxygens (including phenoxy) is 3. The van der Waals surface area contributed by atoms with Crippen LogP contribution in [0.15, 0.2) is 18.2 Å². The Labute approximate surface area is 117 Å². The van der Waals surface area contributed by atoms with Crippen molar-refractivity contribution in [2.24, 2.45) is 5.73 Å². The molecule has 0 fully saturated rings. The molecule has 2 rings (SSSR count). The van der Waals surface area contributed by atoms with Gasteiger partial charge >= 0.3 is 0 Å². The quantitative estimate of drug-likeness (QED) is 0.779. The van der Waals surface area contributed by atoms with Gasteiger partial charge in [0.1, 0.15) is 12.4 Å². The van der Waals surface area contributed by atoms with Crippen molar-refractivity contribution in [3.63, 3.8) is 0 Å². The van der Waals surface area contributed by atoms with Crippen LogP contribution in [-0.4, -0.2) is 31.9 Å². The molecule has 1 heterocycles. The first-order chi connectivity index (χ1) is 8.66. The number of fused-ring (bicyclic) bond motifs is 1. The van der Waals surface area contributed by atoms with Gasteiger partial charge in [-0.1, -0.05) is 0 Å². The van der Waals surface area contributed by atoms with Gasteiger partial charge in [0.25, 0.3) is 0 Å². The summed E-state index contributed by atoms with van der Waals surface area (Å²) in [5.41, 5.74) is 5.41. The lowest BCUT2D eigenvalue weighted by Crippen LogP contribution is -2.40. The van der Waals surface area contributed by atoms with Crippen molar-refractivity contribution in [2.75, 3.05) is 19.9 Å². The fourth-order valence-electron chi connectivity index (χ4n) is 1.47. The van der Waals surface area contributed by atoms with Crippen LogP contribution in [0.5, 0.6) is 17.2 Å². The first-order valence-electron chi connectivity index (χ1n) is 5.72. The maximum absolute atomic E-state index is 11.2. The highest BCUT2D eigenvalue weighted by molar-refractivity contribution is 5.85. The number of carbonyl (C=O) groups excluding carboxylic acids is 1. The Balaban J connectivity index is 0.00000180. The zero-order valence-corrected chi connectivity index (χ0v) is 11.4. The van der Waals surface area contributed by atoms with Gasteiger partial charge in [-0.3, -0.25) is 4.79 Å². The molecule has 0 aromatic heterocycles. The number of benzene rings is 1. The summed E-state index contributed by atoms with van der Waals surface area (Å²) in [5.74, 6) is 1.87. The van der Waals surface area contributed by atoms with Crippen LogP contribution in [0.4, 0.5) is 0 Å². The van der Waals surface area contributed by atoms with Crippen molar-refractivity contribution < 1.29 is 19.0 Å². The number of rotatable bonds is 5. The van der Waals surface area contributed by atoms with Crippen LogP contribution in [-0.2, 0) is 4.79 Å². The topological polar surface area (TPSA) is 82.8 Å². The molecule has 1 aliphatic rings. The summed E-state index contributed by atoms with van der Waals surface area (Å²) in [6.45, 7) is 2.66. The van der Waals surface area contributed by atoms with E-state index in [9.17, 15) is 4.79 Å². The molecular weight excluding hydrogens is 272 g/mol. The SMILES string of the molecule is C[C@@H](N)C(=O)NCCOc1ccc2c(c1)OCO2.Cl. The molecule has 6 nitrogen and oxygen atoms in total. The molecule has 0 radical (unpaired) electrons. The number of halogens is 1. The zero-order valence-electron chi connectivity index (χ0n) is 10.5. The zero-order chi connectivity index (χ0) is 13.0. The summed E-state index contributed by atoms with van der Waals surface area (Å²) >= 11 is 0. The van der Waals surface area contributed by atoms with E-state index in [2.05, 4.69) is 5.32 Å². The summed E-state index contributed by atoms with van der Waals surface area (Å²) in [5, 5.41) is 2.66. The fourth-order valence-corrected chi connectivity index (χ4v) is 1.47. The summed E-state index contributed by atoms with van der Waals surface area (Å²) in [7, 11) is 0. The number of hydrogen-bond donors (Lipinski definition) is 2. The summed E-state index contributed by atoms with van der Waals surface area (Å²) in [6.07, 6.45) is 0. The van der Waals surface area contributed by atoms with Gasteiger partial charge in [-0.25, -0.2) is 0 Å². The minimum atomic E-state index is -0.504. The molecule has 1 amide bonds. The third kappa shape index (κ3) is 4.18. The van der Waals surface area contributed by atoms with Crippen LogP contribution in [0.25, 0.3) is 0 Å². The van der Waals surface area contributed by atoms with E-state index in [1.807, 2.05) is 0 Å². The molecule has 19 heavy (non-hydrogen) atoms. The molecule has 1 atom stereocenters. The first-order valence-corrected chi connectivity index (χ1v) is 5.72. The third-order valence-corrected chi connectivity index (χ3v) is 2.43. The van der Waals surface area contributed by atoms with Gasteiger partial charge in [-0.05, 0) is 19.1 Å². The van der Waals surface area contributed by atoms with Gasteiger partial charge in [-0.15, -0.1) is 12.4 Å². The minimum absolute atomic E-state index is 0. The molecule has 0 bridgehead atoms. The Morgan fingerprint density at radius 1 is 1.47 bits per heavy atom. The molecule has 0 unspecified atom stereocenters. The van der Waals surface area contributed by atoms with E-state index in [4.69, 9.17) is 19.9 Å². The molecule has 0 saturated heterocycles. The second-order valence-corrected chi connectivity index (χ2v) is 3.94. The van der Waals surface area contributed by atoms with Gasteiger partial charge in [-0.2, -0.15) is 0 Å². The van der Waals surface area contributed by atoms with Crippen molar-refractivity contribution in [3.8, 4) is 17.2 Å². The molecule has 0 saturated carbocycles. The van der Waals surface area contributed by atoms with Crippen LogP contribution in [0.1, 0.15) is 6.92 Å². The lowest BCUT2D eigenvalue weighted by molar-refractivity contribution is -0.122.